The highest BCUT2D eigenvalue weighted by molar-refractivity contribution is 7.80. The van der Waals surface area contributed by atoms with Crippen molar-refractivity contribution in [1.82, 2.24) is 5.32 Å². The zero-order valence-corrected chi connectivity index (χ0v) is 14.2. The van der Waals surface area contributed by atoms with Gasteiger partial charge in [-0.2, -0.15) is 13.2 Å². The fourth-order valence-corrected chi connectivity index (χ4v) is 2.25. The smallest absolute Gasteiger partial charge is 0.331 e. The Kier molecular flexibility index (Phi) is 5.78. The number of hydrogen-bond acceptors (Lipinski definition) is 4. The Bertz CT molecular complexity index is 890. The van der Waals surface area contributed by atoms with E-state index in [4.69, 9.17) is 23.8 Å². The number of benzene rings is 2. The summed E-state index contributed by atoms with van der Waals surface area (Å²) in [6, 6.07) is 7.46. The summed E-state index contributed by atoms with van der Waals surface area (Å²) >= 11 is 10.7. The number of anilines is 1. The van der Waals surface area contributed by atoms with Crippen LogP contribution in [0.3, 0.4) is 0 Å². The lowest BCUT2D eigenvalue weighted by Crippen LogP contribution is -2.34. The van der Waals surface area contributed by atoms with Crippen molar-refractivity contribution in [2.45, 2.75) is 6.18 Å². The molecule has 0 unspecified atom stereocenters. The molecule has 0 spiro atoms. The lowest BCUT2D eigenvalue weighted by atomic mass is 10.2. The Balaban J connectivity index is 2.13. The van der Waals surface area contributed by atoms with Gasteiger partial charge in [-0.1, -0.05) is 17.7 Å². The largest absolute Gasteiger partial charge is 0.416 e. The molecule has 6 nitrogen and oxygen atoms in total. The van der Waals surface area contributed by atoms with Gasteiger partial charge in [0.2, 0.25) is 0 Å². The number of nitro groups is 1. The van der Waals surface area contributed by atoms with Gasteiger partial charge in [0.1, 0.15) is 0 Å². The highest BCUT2D eigenvalue weighted by Crippen LogP contribution is 2.33. The highest BCUT2D eigenvalue weighted by atomic mass is 35.5. The number of non-ortho nitro benzene ring substituents is 1. The van der Waals surface area contributed by atoms with Gasteiger partial charge in [0, 0.05) is 17.7 Å². The van der Waals surface area contributed by atoms with E-state index in [0.717, 1.165) is 24.3 Å². The third-order valence-corrected chi connectivity index (χ3v) is 3.62. The number of nitrogens with one attached hydrogen (secondary N) is 2. The van der Waals surface area contributed by atoms with Crippen molar-refractivity contribution < 1.29 is 22.9 Å². The molecular weight excluding hydrogens is 395 g/mol. The molecular formula is C15H9ClF3N3O3S. The van der Waals surface area contributed by atoms with Gasteiger partial charge in [-0.25, -0.2) is 0 Å². The van der Waals surface area contributed by atoms with Gasteiger partial charge in [-0.3, -0.25) is 20.2 Å². The van der Waals surface area contributed by atoms with Crippen LogP contribution in [0, 0.1) is 10.1 Å². The molecule has 11 heteroatoms. The number of carbonyl (C=O) groups is 1. The summed E-state index contributed by atoms with van der Waals surface area (Å²) in [6.45, 7) is 0. The van der Waals surface area contributed by atoms with E-state index < -0.39 is 22.6 Å². The van der Waals surface area contributed by atoms with Gasteiger partial charge in [-0.05, 0) is 36.5 Å². The number of amides is 1. The van der Waals surface area contributed by atoms with E-state index in [9.17, 15) is 28.1 Å². The van der Waals surface area contributed by atoms with Crippen molar-refractivity contribution >= 4 is 46.2 Å². The second-order valence-electron chi connectivity index (χ2n) is 4.91. The molecule has 2 N–H and O–H groups in total. The molecule has 1 amide bonds. The number of alkyl halides is 3. The van der Waals surface area contributed by atoms with Gasteiger partial charge < -0.3 is 5.32 Å². The molecule has 0 atom stereocenters. The fourth-order valence-electron chi connectivity index (χ4n) is 1.89. The maximum absolute atomic E-state index is 12.7. The monoisotopic (exact) mass is 403 g/mol. The van der Waals surface area contributed by atoms with Gasteiger partial charge in [0.15, 0.2) is 5.11 Å². The highest BCUT2D eigenvalue weighted by Gasteiger charge is 2.31. The van der Waals surface area contributed by atoms with Gasteiger partial charge in [-0.15, -0.1) is 0 Å². The lowest BCUT2D eigenvalue weighted by Gasteiger charge is -2.13. The van der Waals surface area contributed by atoms with Crippen LogP contribution in [0.25, 0.3) is 0 Å². The van der Waals surface area contributed by atoms with Crippen molar-refractivity contribution in [3.05, 3.63) is 68.7 Å². The molecule has 26 heavy (non-hydrogen) atoms. The molecule has 0 heterocycles. The lowest BCUT2D eigenvalue weighted by molar-refractivity contribution is -0.384. The van der Waals surface area contributed by atoms with E-state index >= 15 is 0 Å². The number of rotatable bonds is 3. The number of nitrogens with zero attached hydrogens (tertiary/aromatic N) is 1. The SMILES string of the molecule is O=C(NC(=S)Nc1cc(C(F)(F)F)ccc1Cl)c1cccc([N+](=O)[O-])c1. The third kappa shape index (κ3) is 4.90. The number of hydrogen-bond donors (Lipinski definition) is 2. The molecule has 0 bridgehead atoms. The molecule has 0 radical (unpaired) electrons. The van der Waals surface area contributed by atoms with Gasteiger partial charge >= 0.3 is 6.18 Å². The van der Waals surface area contributed by atoms with Crippen LogP contribution in [0.15, 0.2) is 42.5 Å². The molecule has 0 aromatic heterocycles. The van der Waals surface area contributed by atoms with Crippen LogP contribution in [0.5, 0.6) is 0 Å². The first-order valence-corrected chi connectivity index (χ1v) is 7.60. The number of carbonyl (C=O) groups excluding carboxylic acids is 1. The first-order valence-electron chi connectivity index (χ1n) is 6.81. The second kappa shape index (κ2) is 7.67. The summed E-state index contributed by atoms with van der Waals surface area (Å²) in [7, 11) is 0. The zero-order valence-electron chi connectivity index (χ0n) is 12.6. The summed E-state index contributed by atoms with van der Waals surface area (Å²) in [5, 5.41) is 15.0. The van der Waals surface area contributed by atoms with Crippen LogP contribution < -0.4 is 10.6 Å². The molecule has 136 valence electrons. The average Bonchev–Trinajstić information content (AvgIpc) is 2.55. The minimum Gasteiger partial charge on any atom is -0.331 e. The molecule has 0 aliphatic carbocycles. The van der Waals surface area contributed by atoms with Crippen molar-refractivity contribution in [2.24, 2.45) is 0 Å². The van der Waals surface area contributed by atoms with Crippen molar-refractivity contribution in [2.75, 3.05) is 5.32 Å². The molecule has 2 rings (SSSR count). The van der Waals surface area contributed by atoms with Gasteiger partial charge in [0.25, 0.3) is 11.6 Å². The summed E-state index contributed by atoms with van der Waals surface area (Å²) in [6.07, 6.45) is -4.57. The van der Waals surface area contributed by atoms with Crippen molar-refractivity contribution in [1.29, 1.82) is 0 Å². The second-order valence-corrected chi connectivity index (χ2v) is 5.72. The fraction of sp³-hybridized carbons (Fsp3) is 0.0667. The van der Waals surface area contributed by atoms with Crippen LogP contribution >= 0.6 is 23.8 Å². The molecule has 0 fully saturated rings. The third-order valence-electron chi connectivity index (χ3n) is 3.09. The summed E-state index contributed by atoms with van der Waals surface area (Å²) in [4.78, 5) is 22.1. The summed E-state index contributed by atoms with van der Waals surface area (Å²) in [5.74, 6) is -0.769. The Hall–Kier alpha value is -2.72. The predicted octanol–water partition coefficient (Wildman–Crippen LogP) is 4.39. The van der Waals surface area contributed by atoms with E-state index in [-0.39, 0.29) is 27.1 Å². The van der Waals surface area contributed by atoms with Gasteiger partial charge in [0.05, 0.1) is 21.2 Å². The number of halogens is 4. The van der Waals surface area contributed by atoms with Crippen LogP contribution in [-0.2, 0) is 6.18 Å². The molecule has 0 aliphatic rings. The van der Waals surface area contributed by atoms with E-state index in [1.807, 2.05) is 0 Å². The van der Waals surface area contributed by atoms with E-state index in [1.165, 1.54) is 18.2 Å². The quantitative estimate of drug-likeness (QED) is 0.451. The Morgan fingerprint density at radius 3 is 2.50 bits per heavy atom. The topological polar surface area (TPSA) is 84.3 Å². The Labute approximate surface area is 155 Å². The minimum atomic E-state index is -4.57. The van der Waals surface area contributed by atoms with Crippen LogP contribution in [-0.4, -0.2) is 15.9 Å². The Morgan fingerprint density at radius 2 is 1.88 bits per heavy atom. The van der Waals surface area contributed by atoms with Crippen LogP contribution in [0.4, 0.5) is 24.5 Å². The predicted molar refractivity (Wildman–Crippen MR) is 93.2 cm³/mol. The number of nitro benzene ring substituents is 1. The zero-order chi connectivity index (χ0) is 19.5. The first kappa shape index (κ1) is 19.6. The molecule has 0 aliphatic heterocycles. The van der Waals surface area contributed by atoms with E-state index in [0.29, 0.717) is 0 Å². The maximum Gasteiger partial charge on any atom is 0.416 e. The van der Waals surface area contributed by atoms with Crippen LogP contribution in [0.1, 0.15) is 15.9 Å². The average molecular weight is 404 g/mol. The normalized spacial score (nSPS) is 10.9. The summed E-state index contributed by atoms with van der Waals surface area (Å²) in [5.41, 5.74) is -1.43. The standard InChI is InChI=1S/C15H9ClF3N3O3S/c16-11-5-4-9(15(17,18)19)7-12(11)20-14(26)21-13(23)8-2-1-3-10(6-8)22(24)25/h1-7H,(H2,20,21,23,26). The molecule has 0 saturated carbocycles. The molecule has 2 aromatic carbocycles. The maximum atomic E-state index is 12.7. The van der Waals surface area contributed by atoms with Crippen LogP contribution in [0.2, 0.25) is 5.02 Å². The Morgan fingerprint density at radius 1 is 1.19 bits per heavy atom. The minimum absolute atomic E-state index is 0.0371. The number of thiocarbonyl (C=S) groups is 1. The summed E-state index contributed by atoms with van der Waals surface area (Å²) < 4.78 is 38.2. The molecule has 0 saturated heterocycles. The molecule has 2 aromatic rings. The first-order chi connectivity index (χ1) is 12.1. The van der Waals surface area contributed by atoms with Crippen molar-refractivity contribution in [3.8, 4) is 0 Å². The van der Waals surface area contributed by atoms with E-state index in [1.54, 1.807) is 0 Å². The van der Waals surface area contributed by atoms with E-state index in [2.05, 4.69) is 10.6 Å². The van der Waals surface area contributed by atoms with Crippen molar-refractivity contribution in [3.63, 3.8) is 0 Å².